The van der Waals surface area contributed by atoms with Gasteiger partial charge in [0, 0.05) is 0 Å². The maximum Gasteiger partial charge on any atom is 0.147 e. The Bertz CT molecular complexity index is 531. The molecule has 2 aromatic carbocycles. The van der Waals surface area contributed by atoms with Gasteiger partial charge in [0.15, 0.2) is 0 Å². The molecule has 2 heteroatoms. The molecule has 0 aliphatic rings. The van der Waals surface area contributed by atoms with Gasteiger partial charge in [0.25, 0.3) is 0 Å². The molecule has 0 bridgehead atoms. The van der Waals surface area contributed by atoms with Crippen LogP contribution >= 0.6 is 0 Å². The zero-order valence-electron chi connectivity index (χ0n) is 11.4. The number of hydrogen-bond acceptors (Lipinski definition) is 2. The van der Waals surface area contributed by atoms with Gasteiger partial charge in [-0.05, 0) is 37.1 Å². The van der Waals surface area contributed by atoms with Gasteiger partial charge in [-0.2, -0.15) is 0 Å². The first-order valence-electron chi connectivity index (χ1n) is 6.53. The van der Waals surface area contributed by atoms with Crippen LogP contribution in [-0.4, -0.2) is 18.9 Å². The normalized spacial score (nSPS) is 12.1. The SMILES string of the molecule is CN[C@H](Cc1ccc(-c2ccccc2)cc1)C(C)=O. The van der Waals surface area contributed by atoms with Crippen molar-refractivity contribution in [3.8, 4) is 11.1 Å². The number of rotatable bonds is 5. The van der Waals surface area contributed by atoms with Crippen LogP contribution in [0.15, 0.2) is 54.6 Å². The number of Topliss-reactive ketones (excluding diaryl/α,β-unsaturated/α-hetero) is 1. The second kappa shape index (κ2) is 6.30. The molecule has 0 spiro atoms. The van der Waals surface area contributed by atoms with Crippen molar-refractivity contribution in [2.75, 3.05) is 7.05 Å². The average molecular weight is 253 g/mol. The van der Waals surface area contributed by atoms with E-state index in [-0.39, 0.29) is 11.8 Å². The van der Waals surface area contributed by atoms with Crippen molar-refractivity contribution in [1.29, 1.82) is 0 Å². The third-order valence-electron chi connectivity index (χ3n) is 3.34. The average Bonchev–Trinajstić information content (AvgIpc) is 2.46. The van der Waals surface area contributed by atoms with Gasteiger partial charge in [-0.3, -0.25) is 4.79 Å². The lowest BCUT2D eigenvalue weighted by Crippen LogP contribution is -2.34. The van der Waals surface area contributed by atoms with Gasteiger partial charge in [0.2, 0.25) is 0 Å². The van der Waals surface area contributed by atoms with Gasteiger partial charge in [-0.25, -0.2) is 0 Å². The van der Waals surface area contributed by atoms with Gasteiger partial charge in [-0.15, -0.1) is 0 Å². The molecule has 0 radical (unpaired) electrons. The Morgan fingerprint density at radius 3 is 2.11 bits per heavy atom. The molecule has 0 amide bonds. The highest BCUT2D eigenvalue weighted by Gasteiger charge is 2.11. The largest absolute Gasteiger partial charge is 0.310 e. The second-order valence-corrected chi connectivity index (χ2v) is 4.72. The Hall–Kier alpha value is -1.93. The minimum atomic E-state index is -0.0948. The lowest BCUT2D eigenvalue weighted by molar-refractivity contribution is -0.118. The van der Waals surface area contributed by atoms with Gasteiger partial charge < -0.3 is 5.32 Å². The molecule has 1 atom stereocenters. The smallest absolute Gasteiger partial charge is 0.147 e. The molecule has 2 rings (SSSR count). The van der Waals surface area contributed by atoms with Crippen molar-refractivity contribution in [3.63, 3.8) is 0 Å². The quantitative estimate of drug-likeness (QED) is 0.887. The zero-order chi connectivity index (χ0) is 13.7. The van der Waals surface area contributed by atoms with E-state index in [0.717, 1.165) is 6.42 Å². The van der Waals surface area contributed by atoms with Crippen LogP contribution in [0.1, 0.15) is 12.5 Å². The number of hydrogen-bond donors (Lipinski definition) is 1. The first kappa shape index (κ1) is 13.5. The highest BCUT2D eigenvalue weighted by atomic mass is 16.1. The summed E-state index contributed by atoms with van der Waals surface area (Å²) in [6.45, 7) is 1.62. The summed E-state index contributed by atoms with van der Waals surface area (Å²) in [5.41, 5.74) is 3.59. The van der Waals surface area contributed by atoms with Crippen LogP contribution in [0, 0.1) is 0 Å². The summed E-state index contributed by atoms with van der Waals surface area (Å²) < 4.78 is 0. The molecule has 1 N–H and O–H groups in total. The first-order chi connectivity index (χ1) is 9.20. The lowest BCUT2D eigenvalue weighted by Gasteiger charge is -2.13. The molecule has 0 saturated heterocycles. The third kappa shape index (κ3) is 3.52. The Morgan fingerprint density at radius 1 is 1.00 bits per heavy atom. The van der Waals surface area contributed by atoms with E-state index >= 15 is 0 Å². The number of carbonyl (C=O) groups excluding carboxylic acids is 1. The molecule has 0 unspecified atom stereocenters. The number of likely N-dealkylation sites (N-methyl/N-ethyl adjacent to an activating group) is 1. The van der Waals surface area contributed by atoms with E-state index in [2.05, 4.69) is 41.7 Å². The Morgan fingerprint density at radius 2 is 1.58 bits per heavy atom. The zero-order valence-corrected chi connectivity index (χ0v) is 11.4. The van der Waals surface area contributed by atoms with Crippen LogP contribution in [0.4, 0.5) is 0 Å². The maximum atomic E-state index is 11.4. The fourth-order valence-corrected chi connectivity index (χ4v) is 2.15. The fourth-order valence-electron chi connectivity index (χ4n) is 2.15. The van der Waals surface area contributed by atoms with Gasteiger partial charge in [-0.1, -0.05) is 54.6 Å². The van der Waals surface area contributed by atoms with Crippen LogP contribution in [0.3, 0.4) is 0 Å². The molecular weight excluding hydrogens is 234 g/mol. The standard InChI is InChI=1S/C17H19NO/c1-13(19)17(18-2)12-14-8-10-16(11-9-14)15-6-4-3-5-7-15/h3-11,17-18H,12H2,1-2H3/t17-/m1/s1. The van der Waals surface area contributed by atoms with E-state index in [1.165, 1.54) is 16.7 Å². The second-order valence-electron chi connectivity index (χ2n) is 4.72. The van der Waals surface area contributed by atoms with Crippen LogP contribution < -0.4 is 5.32 Å². The minimum Gasteiger partial charge on any atom is -0.310 e. The van der Waals surface area contributed by atoms with E-state index < -0.39 is 0 Å². The number of benzene rings is 2. The van der Waals surface area contributed by atoms with Crippen LogP contribution in [-0.2, 0) is 11.2 Å². The predicted octanol–water partition coefficient (Wildman–Crippen LogP) is 3.07. The van der Waals surface area contributed by atoms with E-state index in [1.54, 1.807) is 6.92 Å². The highest BCUT2D eigenvalue weighted by molar-refractivity contribution is 5.81. The summed E-state index contributed by atoms with van der Waals surface area (Å²) >= 11 is 0. The molecule has 0 aliphatic heterocycles. The van der Waals surface area contributed by atoms with Gasteiger partial charge >= 0.3 is 0 Å². The topological polar surface area (TPSA) is 29.1 Å². The van der Waals surface area contributed by atoms with Crippen molar-refractivity contribution in [2.45, 2.75) is 19.4 Å². The Labute approximate surface area is 114 Å². The molecule has 0 aromatic heterocycles. The monoisotopic (exact) mass is 253 g/mol. The number of nitrogens with one attached hydrogen (secondary N) is 1. The number of carbonyl (C=O) groups is 1. The first-order valence-corrected chi connectivity index (χ1v) is 6.53. The van der Waals surface area contributed by atoms with Crippen molar-refractivity contribution in [3.05, 3.63) is 60.2 Å². The molecular formula is C17H19NO. The predicted molar refractivity (Wildman–Crippen MR) is 79.1 cm³/mol. The lowest BCUT2D eigenvalue weighted by atomic mass is 9.99. The molecule has 0 fully saturated rings. The maximum absolute atomic E-state index is 11.4. The summed E-state index contributed by atoms with van der Waals surface area (Å²) in [4.78, 5) is 11.4. The van der Waals surface area contributed by atoms with E-state index in [4.69, 9.17) is 0 Å². The third-order valence-corrected chi connectivity index (χ3v) is 3.34. The highest BCUT2D eigenvalue weighted by Crippen LogP contribution is 2.19. The molecule has 0 saturated carbocycles. The van der Waals surface area contributed by atoms with Crippen molar-refractivity contribution in [1.82, 2.24) is 5.32 Å². The fraction of sp³-hybridized carbons (Fsp3) is 0.235. The van der Waals surface area contributed by atoms with E-state index in [9.17, 15) is 4.79 Å². The van der Waals surface area contributed by atoms with Gasteiger partial charge in [0.05, 0.1) is 6.04 Å². The summed E-state index contributed by atoms with van der Waals surface area (Å²) in [7, 11) is 1.82. The van der Waals surface area contributed by atoms with Crippen molar-refractivity contribution >= 4 is 5.78 Å². The van der Waals surface area contributed by atoms with Crippen LogP contribution in [0.25, 0.3) is 11.1 Å². The molecule has 0 aliphatic carbocycles. The summed E-state index contributed by atoms with van der Waals surface area (Å²) in [6, 6.07) is 18.6. The van der Waals surface area contributed by atoms with Crippen LogP contribution in [0.5, 0.6) is 0 Å². The Kier molecular flexibility index (Phi) is 4.48. The van der Waals surface area contributed by atoms with Crippen molar-refractivity contribution in [2.24, 2.45) is 0 Å². The van der Waals surface area contributed by atoms with E-state index in [1.807, 2.05) is 25.2 Å². The summed E-state index contributed by atoms with van der Waals surface area (Å²) in [5.74, 6) is 0.176. The minimum absolute atomic E-state index is 0.0948. The number of ketones is 1. The molecule has 19 heavy (non-hydrogen) atoms. The molecule has 98 valence electrons. The van der Waals surface area contributed by atoms with Crippen LogP contribution in [0.2, 0.25) is 0 Å². The molecule has 0 heterocycles. The summed E-state index contributed by atoms with van der Waals surface area (Å²) in [5, 5.41) is 3.05. The molecule has 2 aromatic rings. The molecule has 2 nitrogen and oxygen atoms in total. The van der Waals surface area contributed by atoms with Gasteiger partial charge in [0.1, 0.15) is 5.78 Å². The van der Waals surface area contributed by atoms with E-state index in [0.29, 0.717) is 0 Å². The van der Waals surface area contributed by atoms with Crippen molar-refractivity contribution < 1.29 is 4.79 Å². The summed E-state index contributed by atoms with van der Waals surface area (Å²) in [6.07, 6.45) is 0.737. The Balaban J connectivity index is 2.13.